The van der Waals surface area contributed by atoms with Gasteiger partial charge in [-0.15, -0.1) is 0 Å². The van der Waals surface area contributed by atoms with Crippen LogP contribution >= 0.6 is 0 Å². The lowest BCUT2D eigenvalue weighted by molar-refractivity contribution is 0.329. The first-order valence-corrected chi connectivity index (χ1v) is 10.5. The Labute approximate surface area is 158 Å². The maximum Gasteiger partial charge on any atom is 0.00507 e. The van der Waals surface area contributed by atoms with Crippen LogP contribution < -0.4 is 5.32 Å². The number of piperidine rings is 1. The predicted octanol–water partition coefficient (Wildman–Crippen LogP) is 4.58. The van der Waals surface area contributed by atoms with Gasteiger partial charge in [0.15, 0.2) is 0 Å². The monoisotopic (exact) mass is 348 g/mol. The molecule has 1 N–H and O–H groups in total. The summed E-state index contributed by atoms with van der Waals surface area (Å²) < 4.78 is 0. The molecule has 0 spiro atoms. The van der Waals surface area contributed by atoms with E-state index in [9.17, 15) is 0 Å². The van der Waals surface area contributed by atoms with Gasteiger partial charge in [-0.1, -0.05) is 54.6 Å². The zero-order valence-corrected chi connectivity index (χ0v) is 15.9. The summed E-state index contributed by atoms with van der Waals surface area (Å²) in [4.78, 5) is 2.65. The van der Waals surface area contributed by atoms with Gasteiger partial charge in [0.05, 0.1) is 0 Å². The number of hydrogen-bond acceptors (Lipinski definition) is 2. The standard InChI is InChI=1S/C24H32N2/c1-2-6-21(7-3-1)24-14-18-26(19-24)17-4-5-20-8-10-22(11-9-20)23-12-15-25-16-13-23/h1-3,6-11,23-25H,4-5,12-19H2. The molecule has 2 aliphatic rings. The van der Waals surface area contributed by atoms with Crippen molar-refractivity contribution >= 4 is 0 Å². The number of benzene rings is 2. The minimum absolute atomic E-state index is 0.737. The molecule has 0 saturated carbocycles. The van der Waals surface area contributed by atoms with E-state index in [4.69, 9.17) is 0 Å². The van der Waals surface area contributed by atoms with Crippen LogP contribution in [0.2, 0.25) is 0 Å². The largest absolute Gasteiger partial charge is 0.317 e. The van der Waals surface area contributed by atoms with Gasteiger partial charge >= 0.3 is 0 Å². The lowest BCUT2D eigenvalue weighted by Gasteiger charge is -2.23. The SMILES string of the molecule is c1ccc(C2CCN(CCCc3ccc(C4CCNCC4)cc3)C2)cc1. The van der Waals surface area contributed by atoms with E-state index in [0.717, 1.165) is 11.8 Å². The van der Waals surface area contributed by atoms with Crippen molar-refractivity contribution < 1.29 is 0 Å². The van der Waals surface area contributed by atoms with Crippen LogP contribution in [0, 0.1) is 0 Å². The third kappa shape index (κ3) is 4.55. The van der Waals surface area contributed by atoms with E-state index in [0.29, 0.717) is 0 Å². The number of likely N-dealkylation sites (tertiary alicyclic amines) is 1. The second-order valence-electron chi connectivity index (χ2n) is 8.07. The second kappa shape index (κ2) is 8.83. The van der Waals surface area contributed by atoms with Crippen LogP contribution in [0.25, 0.3) is 0 Å². The molecule has 2 saturated heterocycles. The Morgan fingerprint density at radius 2 is 1.54 bits per heavy atom. The van der Waals surface area contributed by atoms with Crippen LogP contribution in [0.15, 0.2) is 54.6 Å². The molecule has 0 aromatic heterocycles. The molecule has 2 heteroatoms. The molecule has 1 atom stereocenters. The Balaban J connectivity index is 1.21. The van der Waals surface area contributed by atoms with Gasteiger partial charge in [-0.05, 0) is 86.8 Å². The fourth-order valence-electron chi connectivity index (χ4n) is 4.65. The molecule has 2 aliphatic heterocycles. The van der Waals surface area contributed by atoms with E-state index in [1.807, 2.05) is 0 Å². The molecule has 26 heavy (non-hydrogen) atoms. The van der Waals surface area contributed by atoms with Crippen molar-refractivity contribution in [3.8, 4) is 0 Å². The maximum atomic E-state index is 3.46. The normalized spacial score (nSPS) is 21.9. The van der Waals surface area contributed by atoms with E-state index < -0.39 is 0 Å². The fourth-order valence-corrected chi connectivity index (χ4v) is 4.65. The second-order valence-corrected chi connectivity index (χ2v) is 8.07. The molecule has 0 amide bonds. The number of rotatable bonds is 6. The van der Waals surface area contributed by atoms with E-state index >= 15 is 0 Å². The molecular weight excluding hydrogens is 316 g/mol. The predicted molar refractivity (Wildman–Crippen MR) is 110 cm³/mol. The lowest BCUT2D eigenvalue weighted by atomic mass is 9.89. The van der Waals surface area contributed by atoms with Gasteiger partial charge in [-0.3, -0.25) is 0 Å². The first kappa shape index (κ1) is 17.8. The highest BCUT2D eigenvalue weighted by molar-refractivity contribution is 5.26. The molecule has 4 rings (SSSR count). The minimum Gasteiger partial charge on any atom is -0.317 e. The summed E-state index contributed by atoms with van der Waals surface area (Å²) in [6.07, 6.45) is 6.37. The number of nitrogens with zero attached hydrogens (tertiary/aromatic N) is 1. The van der Waals surface area contributed by atoms with Crippen molar-refractivity contribution in [2.24, 2.45) is 0 Å². The Bertz CT molecular complexity index is 658. The lowest BCUT2D eigenvalue weighted by Crippen LogP contribution is -2.26. The van der Waals surface area contributed by atoms with E-state index in [2.05, 4.69) is 64.8 Å². The van der Waals surface area contributed by atoms with E-state index in [-0.39, 0.29) is 0 Å². The fraction of sp³-hybridized carbons (Fsp3) is 0.500. The molecule has 2 aromatic rings. The molecule has 2 heterocycles. The first-order chi connectivity index (χ1) is 12.9. The van der Waals surface area contributed by atoms with E-state index in [1.165, 1.54) is 76.0 Å². The summed E-state index contributed by atoms with van der Waals surface area (Å²) in [5, 5.41) is 3.46. The van der Waals surface area contributed by atoms with Crippen molar-refractivity contribution in [2.45, 2.75) is 43.9 Å². The van der Waals surface area contributed by atoms with Gasteiger partial charge in [0.2, 0.25) is 0 Å². The van der Waals surface area contributed by atoms with Gasteiger partial charge in [-0.25, -0.2) is 0 Å². The Morgan fingerprint density at radius 3 is 2.31 bits per heavy atom. The quantitative estimate of drug-likeness (QED) is 0.822. The molecule has 2 aromatic carbocycles. The maximum absolute atomic E-state index is 3.46. The van der Waals surface area contributed by atoms with Gasteiger partial charge < -0.3 is 10.2 Å². The number of aryl methyl sites for hydroxylation is 1. The number of nitrogens with one attached hydrogen (secondary N) is 1. The molecule has 138 valence electrons. The summed E-state index contributed by atoms with van der Waals surface area (Å²) in [5.41, 5.74) is 4.56. The van der Waals surface area contributed by atoms with Gasteiger partial charge in [-0.2, -0.15) is 0 Å². The van der Waals surface area contributed by atoms with Gasteiger partial charge in [0.1, 0.15) is 0 Å². The summed E-state index contributed by atoms with van der Waals surface area (Å²) in [6, 6.07) is 20.5. The summed E-state index contributed by atoms with van der Waals surface area (Å²) >= 11 is 0. The van der Waals surface area contributed by atoms with Crippen LogP contribution in [0.1, 0.15) is 54.2 Å². The third-order valence-corrected chi connectivity index (χ3v) is 6.27. The summed E-state index contributed by atoms with van der Waals surface area (Å²) in [5.74, 6) is 1.50. The Hall–Kier alpha value is -1.64. The third-order valence-electron chi connectivity index (χ3n) is 6.27. The highest BCUT2D eigenvalue weighted by atomic mass is 15.1. The van der Waals surface area contributed by atoms with Crippen LogP contribution in [-0.2, 0) is 6.42 Å². The van der Waals surface area contributed by atoms with Crippen LogP contribution in [0.5, 0.6) is 0 Å². The molecule has 0 bridgehead atoms. The molecule has 0 radical (unpaired) electrons. The highest BCUT2D eigenvalue weighted by Gasteiger charge is 2.23. The molecule has 1 unspecified atom stereocenters. The summed E-state index contributed by atoms with van der Waals surface area (Å²) in [6.45, 7) is 6.07. The van der Waals surface area contributed by atoms with Gasteiger partial charge in [0, 0.05) is 6.54 Å². The number of hydrogen-bond donors (Lipinski definition) is 1. The molecule has 2 fully saturated rings. The summed E-state index contributed by atoms with van der Waals surface area (Å²) in [7, 11) is 0. The Morgan fingerprint density at radius 1 is 0.808 bits per heavy atom. The van der Waals surface area contributed by atoms with Crippen molar-refractivity contribution in [3.63, 3.8) is 0 Å². The van der Waals surface area contributed by atoms with Gasteiger partial charge in [0.25, 0.3) is 0 Å². The average Bonchev–Trinajstić information content (AvgIpc) is 3.19. The zero-order valence-electron chi connectivity index (χ0n) is 15.9. The van der Waals surface area contributed by atoms with Crippen LogP contribution in [0.4, 0.5) is 0 Å². The minimum atomic E-state index is 0.737. The molecule has 0 aliphatic carbocycles. The average molecular weight is 349 g/mol. The smallest absolute Gasteiger partial charge is 0.00507 e. The highest BCUT2D eigenvalue weighted by Crippen LogP contribution is 2.27. The zero-order chi connectivity index (χ0) is 17.6. The Kier molecular flexibility index (Phi) is 6.03. The van der Waals surface area contributed by atoms with E-state index in [1.54, 1.807) is 5.56 Å². The van der Waals surface area contributed by atoms with Crippen molar-refractivity contribution in [1.29, 1.82) is 0 Å². The van der Waals surface area contributed by atoms with Crippen molar-refractivity contribution in [2.75, 3.05) is 32.7 Å². The first-order valence-electron chi connectivity index (χ1n) is 10.5. The van der Waals surface area contributed by atoms with Crippen LogP contribution in [-0.4, -0.2) is 37.6 Å². The van der Waals surface area contributed by atoms with Crippen molar-refractivity contribution in [1.82, 2.24) is 10.2 Å². The molecular formula is C24H32N2. The topological polar surface area (TPSA) is 15.3 Å². The van der Waals surface area contributed by atoms with Crippen LogP contribution in [0.3, 0.4) is 0 Å². The molecule has 2 nitrogen and oxygen atoms in total. The van der Waals surface area contributed by atoms with Crippen molar-refractivity contribution in [3.05, 3.63) is 71.3 Å².